The largest absolute Gasteiger partial charge is 0.496 e. The lowest BCUT2D eigenvalue weighted by molar-refractivity contribution is 0.400. The van der Waals surface area contributed by atoms with Crippen LogP contribution in [0.2, 0.25) is 0 Å². The molecule has 9 heteroatoms. The fraction of sp³-hybridized carbons (Fsp3) is 0.231. The molecule has 0 spiro atoms. The lowest BCUT2D eigenvalue weighted by Crippen LogP contribution is -2.40. The number of methoxy groups -OCH3 is 1. The maximum Gasteiger partial charge on any atom is 0.331 e. The molecule has 178 valence electrons. The summed E-state index contributed by atoms with van der Waals surface area (Å²) in [5.74, 6) is 0.544. The SMILES string of the molecule is COc1c2cc(C)cc1Cn1ccc(=O)n(c1=O)Cc1cccc(c1)Cn1c(=O)ccn(c1=O)C2. The molecule has 0 atom stereocenters. The second-order valence-electron chi connectivity index (χ2n) is 8.74. The first-order chi connectivity index (χ1) is 16.8. The number of hydrogen-bond acceptors (Lipinski definition) is 5. The van der Waals surface area contributed by atoms with Gasteiger partial charge in [-0.1, -0.05) is 42.0 Å². The predicted molar refractivity (Wildman–Crippen MR) is 131 cm³/mol. The van der Waals surface area contributed by atoms with E-state index in [2.05, 4.69) is 0 Å². The normalized spacial score (nSPS) is 12.9. The van der Waals surface area contributed by atoms with Crippen molar-refractivity contribution in [2.45, 2.75) is 33.1 Å². The fourth-order valence-corrected chi connectivity index (χ4v) is 4.63. The van der Waals surface area contributed by atoms with Crippen molar-refractivity contribution in [3.63, 3.8) is 0 Å². The lowest BCUT2D eigenvalue weighted by atomic mass is 10.0. The van der Waals surface area contributed by atoms with E-state index in [1.165, 1.54) is 49.9 Å². The smallest absolute Gasteiger partial charge is 0.331 e. The third kappa shape index (κ3) is 4.16. The molecule has 9 nitrogen and oxygen atoms in total. The van der Waals surface area contributed by atoms with Crippen molar-refractivity contribution in [3.05, 3.63) is 130 Å². The number of ether oxygens (including phenoxy) is 1. The molecule has 0 fully saturated rings. The number of nitrogens with zero attached hydrogens (tertiary/aromatic N) is 4. The van der Waals surface area contributed by atoms with E-state index in [9.17, 15) is 19.2 Å². The highest BCUT2D eigenvalue weighted by Gasteiger charge is 2.16. The van der Waals surface area contributed by atoms with Crippen molar-refractivity contribution >= 4 is 0 Å². The summed E-state index contributed by atoms with van der Waals surface area (Å²) in [7, 11) is 1.54. The zero-order valence-electron chi connectivity index (χ0n) is 19.4. The Bertz CT molecular complexity index is 1570. The number of benzene rings is 2. The third-order valence-electron chi connectivity index (χ3n) is 6.22. The number of fused-ring (bicyclic) bond motifs is 8. The van der Waals surface area contributed by atoms with Gasteiger partial charge in [-0.25, -0.2) is 9.59 Å². The van der Waals surface area contributed by atoms with E-state index < -0.39 is 22.5 Å². The molecule has 4 aromatic rings. The van der Waals surface area contributed by atoms with Gasteiger partial charge in [0, 0.05) is 35.7 Å². The Morgan fingerprint density at radius 3 is 1.63 bits per heavy atom. The van der Waals surface area contributed by atoms with Crippen molar-refractivity contribution in [2.24, 2.45) is 0 Å². The molecule has 35 heavy (non-hydrogen) atoms. The topological polar surface area (TPSA) is 97.2 Å². The quantitative estimate of drug-likeness (QED) is 0.365. The van der Waals surface area contributed by atoms with Gasteiger partial charge in [-0.2, -0.15) is 0 Å². The van der Waals surface area contributed by atoms with Gasteiger partial charge in [-0.15, -0.1) is 0 Å². The molecule has 0 radical (unpaired) electrons. The Morgan fingerprint density at radius 2 is 1.17 bits per heavy atom. The molecular formula is C26H24N4O5. The summed E-state index contributed by atoms with van der Waals surface area (Å²) in [6.45, 7) is 2.42. The van der Waals surface area contributed by atoms with Crippen molar-refractivity contribution in [3.8, 4) is 5.75 Å². The van der Waals surface area contributed by atoms with Gasteiger partial charge in [0.15, 0.2) is 0 Å². The van der Waals surface area contributed by atoms with Crippen LogP contribution < -0.4 is 27.2 Å². The van der Waals surface area contributed by atoms with E-state index in [1.807, 2.05) is 19.1 Å². The number of rotatable bonds is 1. The Balaban J connectivity index is 1.79. The molecule has 0 aliphatic carbocycles. The molecule has 2 aromatic carbocycles. The molecule has 2 aromatic heterocycles. The van der Waals surface area contributed by atoms with Crippen LogP contribution in [-0.2, 0) is 26.2 Å². The van der Waals surface area contributed by atoms with Crippen LogP contribution in [0.25, 0.3) is 0 Å². The summed E-state index contributed by atoms with van der Waals surface area (Å²) >= 11 is 0. The first kappa shape index (κ1) is 22.4. The zero-order valence-corrected chi connectivity index (χ0v) is 19.4. The summed E-state index contributed by atoms with van der Waals surface area (Å²) in [6.07, 6.45) is 2.98. The minimum Gasteiger partial charge on any atom is -0.496 e. The van der Waals surface area contributed by atoms with Crippen molar-refractivity contribution in [1.29, 1.82) is 0 Å². The Kier molecular flexibility index (Phi) is 5.60. The molecule has 0 saturated heterocycles. The molecule has 3 heterocycles. The summed E-state index contributed by atoms with van der Waals surface area (Å²) in [5, 5.41) is 0. The van der Waals surface area contributed by atoms with Gasteiger partial charge >= 0.3 is 11.4 Å². The molecule has 0 amide bonds. The van der Waals surface area contributed by atoms with E-state index in [0.29, 0.717) is 16.9 Å². The van der Waals surface area contributed by atoms with E-state index in [0.717, 1.165) is 16.7 Å². The first-order valence-corrected chi connectivity index (χ1v) is 11.2. The Hall–Kier alpha value is -4.40. The summed E-state index contributed by atoms with van der Waals surface area (Å²) in [6, 6.07) is 13.8. The molecule has 8 bridgehead atoms. The van der Waals surface area contributed by atoms with Gasteiger partial charge in [-0.3, -0.25) is 27.9 Å². The molecule has 0 unspecified atom stereocenters. The first-order valence-electron chi connectivity index (χ1n) is 11.2. The van der Waals surface area contributed by atoms with Crippen LogP contribution in [0, 0.1) is 6.92 Å². The summed E-state index contributed by atoms with van der Waals surface area (Å²) in [5.41, 5.74) is 2.16. The molecule has 1 aliphatic rings. The summed E-state index contributed by atoms with van der Waals surface area (Å²) in [4.78, 5) is 51.7. The van der Waals surface area contributed by atoms with Crippen LogP contribution in [0.5, 0.6) is 5.75 Å². The standard InChI is InChI=1S/C26H24N4O5/c1-17-10-20-15-27-8-6-22(31)29(25(27)33)13-18-4-3-5-19(12-18)14-30-23(32)7-9-28(26(30)34)16-21(11-17)24(20)35-2/h3-12H,13-16H2,1-2H3. The summed E-state index contributed by atoms with van der Waals surface area (Å²) < 4.78 is 11.0. The van der Waals surface area contributed by atoms with Crippen molar-refractivity contribution in [1.82, 2.24) is 18.3 Å². The minimum atomic E-state index is -0.433. The van der Waals surface area contributed by atoms with E-state index in [1.54, 1.807) is 24.3 Å². The number of aryl methyl sites for hydroxylation is 1. The fourth-order valence-electron chi connectivity index (χ4n) is 4.63. The van der Waals surface area contributed by atoms with Crippen LogP contribution in [0.15, 0.2) is 80.1 Å². The molecular weight excluding hydrogens is 448 g/mol. The average Bonchev–Trinajstić information content (AvgIpc) is 2.83. The third-order valence-corrected chi connectivity index (χ3v) is 6.22. The van der Waals surface area contributed by atoms with Crippen LogP contribution >= 0.6 is 0 Å². The zero-order chi connectivity index (χ0) is 24.7. The van der Waals surface area contributed by atoms with Crippen LogP contribution in [0.3, 0.4) is 0 Å². The van der Waals surface area contributed by atoms with E-state index >= 15 is 0 Å². The van der Waals surface area contributed by atoms with Crippen LogP contribution in [-0.4, -0.2) is 25.4 Å². The van der Waals surface area contributed by atoms with Crippen LogP contribution in [0.1, 0.15) is 27.8 Å². The van der Waals surface area contributed by atoms with Gasteiger partial charge in [-0.05, 0) is 18.1 Å². The Morgan fingerprint density at radius 1 is 0.686 bits per heavy atom. The highest BCUT2D eigenvalue weighted by Crippen LogP contribution is 2.27. The molecule has 5 rings (SSSR count). The molecule has 0 saturated carbocycles. The van der Waals surface area contributed by atoms with Gasteiger partial charge in [0.2, 0.25) is 0 Å². The lowest BCUT2D eigenvalue weighted by Gasteiger charge is -2.18. The number of hydrogen-bond donors (Lipinski definition) is 0. The number of aromatic nitrogens is 4. The van der Waals surface area contributed by atoms with E-state index in [-0.39, 0.29) is 26.2 Å². The average molecular weight is 473 g/mol. The monoisotopic (exact) mass is 472 g/mol. The maximum atomic E-state index is 13.3. The van der Waals surface area contributed by atoms with Crippen molar-refractivity contribution in [2.75, 3.05) is 7.11 Å². The van der Waals surface area contributed by atoms with Gasteiger partial charge in [0.1, 0.15) is 5.75 Å². The van der Waals surface area contributed by atoms with E-state index in [4.69, 9.17) is 4.74 Å². The highest BCUT2D eigenvalue weighted by atomic mass is 16.5. The second kappa shape index (κ2) is 8.75. The second-order valence-corrected chi connectivity index (χ2v) is 8.74. The minimum absolute atomic E-state index is 0.0659. The molecule has 0 N–H and O–H groups in total. The Labute approximate surface area is 199 Å². The van der Waals surface area contributed by atoms with Crippen LogP contribution in [0.4, 0.5) is 0 Å². The predicted octanol–water partition coefficient (Wildman–Crippen LogP) is 1.16. The van der Waals surface area contributed by atoms with Gasteiger partial charge in [0.25, 0.3) is 11.1 Å². The van der Waals surface area contributed by atoms with Crippen molar-refractivity contribution < 1.29 is 4.74 Å². The van der Waals surface area contributed by atoms with Gasteiger partial charge < -0.3 is 4.74 Å². The molecule has 1 aliphatic heterocycles. The highest BCUT2D eigenvalue weighted by molar-refractivity contribution is 5.45. The maximum absolute atomic E-state index is 13.3. The van der Waals surface area contributed by atoms with Gasteiger partial charge in [0.05, 0.1) is 33.3 Å².